The second kappa shape index (κ2) is 6.72. The van der Waals surface area contributed by atoms with Crippen molar-refractivity contribution in [1.82, 2.24) is 20.5 Å². The minimum atomic E-state index is -0.196. The second-order valence-electron chi connectivity index (χ2n) is 3.99. The first-order valence-electron chi connectivity index (χ1n) is 6.11. The summed E-state index contributed by atoms with van der Waals surface area (Å²) in [5, 5.41) is 12.3. The Morgan fingerprint density at radius 3 is 3.16 bits per heavy atom. The Balaban J connectivity index is 1.94. The molecule has 0 aromatic carbocycles. The molecule has 102 valence electrons. The number of carbonyl (C=O) groups excluding carboxylic acids is 1. The first kappa shape index (κ1) is 14.1. The van der Waals surface area contributed by atoms with Crippen LogP contribution in [0.4, 0.5) is 0 Å². The molecule has 0 aliphatic rings. The smallest absolute Gasteiger partial charge is 0.233 e. The highest BCUT2D eigenvalue weighted by molar-refractivity contribution is 8.00. The molecule has 0 saturated heterocycles. The summed E-state index contributed by atoms with van der Waals surface area (Å²) in [7, 11) is 0. The first-order valence-corrected chi connectivity index (χ1v) is 7.87. The molecule has 1 amide bonds. The van der Waals surface area contributed by atoms with Crippen molar-refractivity contribution in [3.05, 3.63) is 17.5 Å². The Morgan fingerprint density at radius 2 is 2.47 bits per heavy atom. The van der Waals surface area contributed by atoms with E-state index in [1.54, 1.807) is 11.3 Å². The Hall–Kier alpha value is -1.34. The molecule has 2 heterocycles. The maximum Gasteiger partial charge on any atom is 0.233 e. The van der Waals surface area contributed by atoms with Crippen LogP contribution in [0.2, 0.25) is 0 Å². The topological polar surface area (TPSA) is 70.7 Å². The molecule has 2 aromatic heterocycles. The monoisotopic (exact) mass is 296 g/mol. The number of hydrogen-bond donors (Lipinski definition) is 2. The molecule has 1 atom stereocenters. The molecule has 19 heavy (non-hydrogen) atoms. The van der Waals surface area contributed by atoms with Gasteiger partial charge in [-0.15, -0.1) is 16.4 Å². The fourth-order valence-electron chi connectivity index (χ4n) is 1.43. The fourth-order valence-corrected chi connectivity index (χ4v) is 2.84. The van der Waals surface area contributed by atoms with Crippen LogP contribution in [0, 0.1) is 0 Å². The van der Waals surface area contributed by atoms with Crippen LogP contribution in [-0.2, 0) is 4.79 Å². The lowest BCUT2D eigenvalue weighted by atomic mass is 10.4. The summed E-state index contributed by atoms with van der Waals surface area (Å²) >= 11 is 2.96. The lowest BCUT2D eigenvalue weighted by Gasteiger charge is -2.08. The number of H-pyrrole nitrogens is 1. The number of aromatic amines is 1. The number of amides is 1. The van der Waals surface area contributed by atoms with E-state index in [1.165, 1.54) is 11.8 Å². The molecule has 0 aliphatic carbocycles. The summed E-state index contributed by atoms with van der Waals surface area (Å²) in [6, 6.07) is 3.95. The van der Waals surface area contributed by atoms with Crippen molar-refractivity contribution in [2.75, 3.05) is 6.54 Å². The van der Waals surface area contributed by atoms with Crippen LogP contribution in [0.3, 0.4) is 0 Å². The van der Waals surface area contributed by atoms with Gasteiger partial charge < -0.3 is 5.32 Å². The normalized spacial score (nSPS) is 12.3. The second-order valence-corrected chi connectivity index (χ2v) is 6.25. The first-order chi connectivity index (χ1) is 9.20. The lowest BCUT2D eigenvalue weighted by Crippen LogP contribution is -2.31. The zero-order valence-electron chi connectivity index (χ0n) is 10.8. The number of aromatic nitrogens is 3. The predicted octanol–water partition coefficient (Wildman–Crippen LogP) is 2.54. The van der Waals surface area contributed by atoms with Crippen molar-refractivity contribution in [2.45, 2.75) is 30.7 Å². The van der Waals surface area contributed by atoms with Crippen LogP contribution in [0.15, 0.2) is 22.7 Å². The van der Waals surface area contributed by atoms with Crippen LogP contribution in [-0.4, -0.2) is 32.9 Å². The van der Waals surface area contributed by atoms with E-state index in [0.717, 1.165) is 17.1 Å². The number of thioether (sulfide) groups is 1. The molecule has 5 nitrogen and oxygen atoms in total. The molecule has 1 unspecified atom stereocenters. The summed E-state index contributed by atoms with van der Waals surface area (Å²) in [4.78, 5) is 17.2. The Kier molecular flexibility index (Phi) is 4.98. The quantitative estimate of drug-likeness (QED) is 0.804. The molecule has 2 N–H and O–H groups in total. The molecule has 0 saturated carbocycles. The van der Waals surface area contributed by atoms with Gasteiger partial charge in [0.15, 0.2) is 5.82 Å². The summed E-state index contributed by atoms with van der Waals surface area (Å²) in [5.74, 6) is 0.771. The van der Waals surface area contributed by atoms with Crippen LogP contribution in [0.5, 0.6) is 0 Å². The molecule has 2 rings (SSSR count). The molecular formula is C12H16N4OS2. The van der Waals surface area contributed by atoms with Crippen molar-refractivity contribution >= 4 is 29.0 Å². The van der Waals surface area contributed by atoms with Gasteiger partial charge in [0.05, 0.1) is 10.1 Å². The summed E-state index contributed by atoms with van der Waals surface area (Å²) in [5.41, 5.74) is 0. The lowest BCUT2D eigenvalue weighted by molar-refractivity contribution is -0.120. The number of carbonyl (C=O) groups is 1. The average molecular weight is 296 g/mol. The highest BCUT2D eigenvalue weighted by Gasteiger charge is 2.16. The largest absolute Gasteiger partial charge is 0.355 e. The van der Waals surface area contributed by atoms with Crippen molar-refractivity contribution in [3.8, 4) is 10.7 Å². The van der Waals surface area contributed by atoms with Gasteiger partial charge in [-0.25, -0.2) is 4.98 Å². The predicted molar refractivity (Wildman–Crippen MR) is 78.3 cm³/mol. The van der Waals surface area contributed by atoms with Gasteiger partial charge in [0, 0.05) is 6.54 Å². The number of thiophene rings is 1. The minimum absolute atomic E-state index is 0.0225. The highest BCUT2D eigenvalue weighted by Crippen LogP contribution is 2.25. The molecule has 0 bridgehead atoms. The molecule has 0 spiro atoms. The van der Waals surface area contributed by atoms with E-state index in [1.807, 2.05) is 31.4 Å². The third-order valence-corrected chi connectivity index (χ3v) is 4.26. The summed E-state index contributed by atoms with van der Waals surface area (Å²) in [6.07, 6.45) is 0.937. The molecule has 0 aliphatic heterocycles. The van der Waals surface area contributed by atoms with Crippen LogP contribution in [0.25, 0.3) is 10.7 Å². The molecule has 0 fully saturated rings. The number of rotatable bonds is 6. The van der Waals surface area contributed by atoms with Crippen molar-refractivity contribution < 1.29 is 4.79 Å². The molecule has 0 radical (unpaired) electrons. The highest BCUT2D eigenvalue weighted by atomic mass is 32.2. The van der Waals surface area contributed by atoms with Gasteiger partial charge in [0.2, 0.25) is 11.1 Å². The summed E-state index contributed by atoms with van der Waals surface area (Å²) in [6.45, 7) is 4.59. The third kappa shape index (κ3) is 3.81. The van der Waals surface area contributed by atoms with Gasteiger partial charge in [-0.1, -0.05) is 24.8 Å². The number of nitrogens with zero attached hydrogens (tertiary/aromatic N) is 2. The Labute approximate surface area is 120 Å². The van der Waals surface area contributed by atoms with E-state index in [-0.39, 0.29) is 11.2 Å². The number of hydrogen-bond acceptors (Lipinski definition) is 5. The van der Waals surface area contributed by atoms with Gasteiger partial charge in [-0.05, 0) is 24.8 Å². The zero-order valence-corrected chi connectivity index (χ0v) is 12.5. The average Bonchev–Trinajstić information content (AvgIpc) is 3.05. The fraction of sp³-hybridized carbons (Fsp3) is 0.417. The molecule has 7 heteroatoms. The standard InChI is InChI=1S/C12H16N4OS2/c1-3-6-13-11(17)8(2)19-12-14-10(15-16-12)9-5-4-7-18-9/h4-5,7-8H,3,6H2,1-2H3,(H,13,17)(H,14,15,16). The van der Waals surface area contributed by atoms with Gasteiger partial charge in [0.25, 0.3) is 0 Å². The summed E-state index contributed by atoms with van der Waals surface area (Å²) < 4.78 is 0. The van der Waals surface area contributed by atoms with Crippen molar-refractivity contribution in [3.63, 3.8) is 0 Å². The van der Waals surface area contributed by atoms with Crippen LogP contribution in [0.1, 0.15) is 20.3 Å². The molecule has 2 aromatic rings. The van der Waals surface area contributed by atoms with E-state index >= 15 is 0 Å². The molecular weight excluding hydrogens is 280 g/mol. The zero-order chi connectivity index (χ0) is 13.7. The third-order valence-electron chi connectivity index (χ3n) is 2.42. The van der Waals surface area contributed by atoms with Gasteiger partial charge in [-0.3, -0.25) is 9.89 Å². The number of nitrogens with one attached hydrogen (secondary N) is 2. The SMILES string of the molecule is CCCNC(=O)C(C)Sc1n[nH]c(-c2cccs2)n1. The maximum absolute atomic E-state index is 11.7. The minimum Gasteiger partial charge on any atom is -0.355 e. The van der Waals surface area contributed by atoms with Crippen molar-refractivity contribution in [1.29, 1.82) is 0 Å². The van der Waals surface area contributed by atoms with E-state index in [4.69, 9.17) is 0 Å². The Bertz CT molecular complexity index is 524. The van der Waals surface area contributed by atoms with Gasteiger partial charge in [-0.2, -0.15) is 0 Å². The van der Waals surface area contributed by atoms with E-state index < -0.39 is 0 Å². The van der Waals surface area contributed by atoms with Gasteiger partial charge in [0.1, 0.15) is 0 Å². The Morgan fingerprint density at radius 1 is 1.63 bits per heavy atom. The van der Waals surface area contributed by atoms with Crippen LogP contribution >= 0.6 is 23.1 Å². The van der Waals surface area contributed by atoms with Crippen molar-refractivity contribution in [2.24, 2.45) is 0 Å². The maximum atomic E-state index is 11.7. The van der Waals surface area contributed by atoms with E-state index in [9.17, 15) is 4.79 Å². The van der Waals surface area contributed by atoms with Gasteiger partial charge >= 0.3 is 0 Å². The van der Waals surface area contributed by atoms with E-state index in [2.05, 4.69) is 20.5 Å². The van der Waals surface area contributed by atoms with Crippen LogP contribution < -0.4 is 5.32 Å². The van der Waals surface area contributed by atoms with E-state index in [0.29, 0.717) is 11.7 Å².